The lowest BCUT2D eigenvalue weighted by Crippen LogP contribution is -2.32. The first-order valence-corrected chi connectivity index (χ1v) is 6.86. The molecule has 3 nitrogen and oxygen atoms in total. The quantitative estimate of drug-likeness (QED) is 0.694. The summed E-state index contributed by atoms with van der Waals surface area (Å²) in [7, 11) is 2.11. The second kappa shape index (κ2) is 17.3. The smallest absolute Gasteiger partial charge is 0.0594 e. The van der Waals surface area contributed by atoms with Gasteiger partial charge in [-0.25, -0.2) is 0 Å². The summed E-state index contributed by atoms with van der Waals surface area (Å²) in [5.74, 6) is 0. The van der Waals surface area contributed by atoms with E-state index in [9.17, 15) is 0 Å². The Morgan fingerprint density at radius 2 is 1.31 bits per heavy atom. The Hall–Kier alpha value is -0.120. The van der Waals surface area contributed by atoms with Crippen molar-refractivity contribution in [2.75, 3.05) is 46.4 Å². The molecule has 2 fully saturated rings. The molecule has 0 unspecified atom stereocenters. The molecule has 3 heteroatoms. The molecule has 0 bridgehead atoms. The highest BCUT2D eigenvalue weighted by molar-refractivity contribution is 4.55. The molecular formula is C13H32N2O. The molecule has 2 saturated heterocycles. The lowest BCUT2D eigenvalue weighted by Gasteiger charge is -2.21. The standard InChI is InChI=1S/C5H11NO.C4H9N.2C2H6/c1-6-2-4-7-5-3-6;1-2-4-5-3-1;2*1-2/h2-5H2,1H3;5H,1-4H2;2*1-2H3. The number of hydrogen-bond acceptors (Lipinski definition) is 3. The van der Waals surface area contributed by atoms with Crippen molar-refractivity contribution in [1.29, 1.82) is 0 Å². The van der Waals surface area contributed by atoms with Crippen molar-refractivity contribution in [2.24, 2.45) is 0 Å². The van der Waals surface area contributed by atoms with E-state index in [2.05, 4.69) is 17.3 Å². The first-order chi connectivity index (χ1) is 7.89. The van der Waals surface area contributed by atoms with Crippen molar-refractivity contribution < 1.29 is 4.74 Å². The van der Waals surface area contributed by atoms with Crippen molar-refractivity contribution in [3.05, 3.63) is 0 Å². The van der Waals surface area contributed by atoms with Crippen LogP contribution in [0.3, 0.4) is 0 Å². The summed E-state index contributed by atoms with van der Waals surface area (Å²) >= 11 is 0. The third kappa shape index (κ3) is 13.9. The SMILES string of the molecule is C1CCNC1.CC.CC.CN1CCOCC1. The third-order valence-electron chi connectivity index (χ3n) is 2.19. The highest BCUT2D eigenvalue weighted by atomic mass is 16.5. The lowest BCUT2D eigenvalue weighted by molar-refractivity contribution is 0.0503. The van der Waals surface area contributed by atoms with E-state index in [4.69, 9.17) is 4.74 Å². The van der Waals surface area contributed by atoms with Gasteiger partial charge in [-0.1, -0.05) is 27.7 Å². The number of rotatable bonds is 0. The molecule has 100 valence electrons. The Morgan fingerprint density at radius 1 is 0.875 bits per heavy atom. The first-order valence-electron chi connectivity index (χ1n) is 6.86. The van der Waals surface area contributed by atoms with Crippen LogP contribution in [0.2, 0.25) is 0 Å². The van der Waals surface area contributed by atoms with Gasteiger partial charge in [-0.15, -0.1) is 0 Å². The van der Waals surface area contributed by atoms with Gasteiger partial charge in [0, 0.05) is 13.1 Å². The Kier molecular flexibility index (Phi) is 19.7. The van der Waals surface area contributed by atoms with Crippen molar-refractivity contribution in [1.82, 2.24) is 10.2 Å². The first kappa shape index (κ1) is 18.3. The van der Waals surface area contributed by atoms with Crippen molar-refractivity contribution in [3.8, 4) is 0 Å². The minimum absolute atomic E-state index is 0.913. The molecule has 0 amide bonds. The van der Waals surface area contributed by atoms with E-state index in [0.29, 0.717) is 0 Å². The van der Waals surface area contributed by atoms with Crippen LogP contribution in [-0.4, -0.2) is 51.3 Å². The van der Waals surface area contributed by atoms with Crippen molar-refractivity contribution in [2.45, 2.75) is 40.5 Å². The predicted octanol–water partition coefficient (Wildman–Crippen LogP) is 2.37. The van der Waals surface area contributed by atoms with E-state index < -0.39 is 0 Å². The summed E-state index contributed by atoms with van der Waals surface area (Å²) in [6, 6.07) is 0. The second-order valence-electron chi connectivity index (χ2n) is 3.37. The minimum Gasteiger partial charge on any atom is -0.379 e. The van der Waals surface area contributed by atoms with Crippen molar-refractivity contribution >= 4 is 0 Å². The van der Waals surface area contributed by atoms with Gasteiger partial charge in [-0.3, -0.25) is 0 Å². The van der Waals surface area contributed by atoms with Crippen LogP contribution in [0.1, 0.15) is 40.5 Å². The Bertz CT molecular complexity index is 92.5. The highest BCUT2D eigenvalue weighted by Crippen LogP contribution is 1.90. The molecule has 2 rings (SSSR count). The molecule has 0 spiro atoms. The van der Waals surface area contributed by atoms with Gasteiger partial charge >= 0.3 is 0 Å². The largest absolute Gasteiger partial charge is 0.379 e. The molecule has 2 aliphatic rings. The molecule has 0 aromatic heterocycles. The maximum atomic E-state index is 5.10. The van der Waals surface area contributed by atoms with Gasteiger partial charge in [-0.2, -0.15) is 0 Å². The molecule has 0 radical (unpaired) electrons. The molecule has 0 aromatic rings. The van der Waals surface area contributed by atoms with E-state index in [1.165, 1.54) is 25.9 Å². The highest BCUT2D eigenvalue weighted by Gasteiger charge is 2.02. The molecule has 1 N–H and O–H groups in total. The van der Waals surface area contributed by atoms with Gasteiger partial charge in [0.1, 0.15) is 0 Å². The average molecular weight is 232 g/mol. The number of likely N-dealkylation sites (N-methyl/N-ethyl adjacent to an activating group) is 1. The maximum absolute atomic E-state index is 5.10. The van der Waals surface area contributed by atoms with E-state index in [-0.39, 0.29) is 0 Å². The predicted molar refractivity (Wildman–Crippen MR) is 73.1 cm³/mol. The van der Waals surface area contributed by atoms with E-state index in [1.807, 2.05) is 27.7 Å². The Labute approximate surface area is 103 Å². The molecule has 16 heavy (non-hydrogen) atoms. The number of morpholine rings is 1. The maximum Gasteiger partial charge on any atom is 0.0594 e. The Balaban J connectivity index is 0. The normalized spacial score (nSPS) is 19.3. The molecule has 0 saturated carbocycles. The van der Waals surface area contributed by atoms with Crippen LogP contribution in [0.25, 0.3) is 0 Å². The summed E-state index contributed by atoms with van der Waals surface area (Å²) in [6.07, 6.45) is 2.78. The Morgan fingerprint density at radius 3 is 1.50 bits per heavy atom. The van der Waals surface area contributed by atoms with E-state index >= 15 is 0 Å². The van der Waals surface area contributed by atoms with Gasteiger partial charge < -0.3 is 15.0 Å². The summed E-state index contributed by atoms with van der Waals surface area (Å²) in [6.45, 7) is 14.5. The number of hydrogen-bond donors (Lipinski definition) is 1. The topological polar surface area (TPSA) is 24.5 Å². The summed E-state index contributed by atoms with van der Waals surface area (Å²) in [4.78, 5) is 2.27. The summed E-state index contributed by atoms with van der Waals surface area (Å²) < 4.78 is 5.10. The van der Waals surface area contributed by atoms with E-state index in [1.54, 1.807) is 0 Å². The molecular weight excluding hydrogens is 200 g/mol. The molecule has 0 aromatic carbocycles. The van der Waals surface area contributed by atoms with Crippen LogP contribution in [0, 0.1) is 0 Å². The van der Waals surface area contributed by atoms with Crippen LogP contribution in [-0.2, 0) is 4.74 Å². The fourth-order valence-electron chi connectivity index (χ4n) is 1.28. The summed E-state index contributed by atoms with van der Waals surface area (Å²) in [5, 5.41) is 3.22. The van der Waals surface area contributed by atoms with Gasteiger partial charge in [0.2, 0.25) is 0 Å². The number of nitrogens with one attached hydrogen (secondary N) is 1. The van der Waals surface area contributed by atoms with Gasteiger partial charge in [0.15, 0.2) is 0 Å². The number of nitrogens with zero attached hydrogens (tertiary/aromatic N) is 1. The number of ether oxygens (including phenoxy) is 1. The zero-order chi connectivity index (χ0) is 12.6. The van der Waals surface area contributed by atoms with Gasteiger partial charge in [0.05, 0.1) is 13.2 Å². The van der Waals surface area contributed by atoms with Gasteiger partial charge in [0.25, 0.3) is 0 Å². The molecule has 0 aliphatic carbocycles. The third-order valence-corrected chi connectivity index (χ3v) is 2.19. The fraction of sp³-hybridized carbons (Fsp3) is 1.00. The van der Waals surface area contributed by atoms with Crippen molar-refractivity contribution in [3.63, 3.8) is 0 Å². The van der Waals surface area contributed by atoms with Crippen LogP contribution >= 0.6 is 0 Å². The van der Waals surface area contributed by atoms with Crippen LogP contribution in [0.5, 0.6) is 0 Å². The second-order valence-corrected chi connectivity index (χ2v) is 3.37. The van der Waals surface area contributed by atoms with Crippen LogP contribution in [0.4, 0.5) is 0 Å². The zero-order valence-electron chi connectivity index (χ0n) is 12.0. The fourth-order valence-corrected chi connectivity index (χ4v) is 1.28. The van der Waals surface area contributed by atoms with Crippen LogP contribution in [0.15, 0.2) is 0 Å². The monoisotopic (exact) mass is 232 g/mol. The molecule has 2 heterocycles. The van der Waals surface area contributed by atoms with Gasteiger partial charge in [-0.05, 0) is 33.0 Å². The molecule has 0 atom stereocenters. The average Bonchev–Trinajstić information content (AvgIpc) is 2.94. The van der Waals surface area contributed by atoms with E-state index in [0.717, 1.165) is 26.3 Å². The lowest BCUT2D eigenvalue weighted by atomic mass is 10.4. The zero-order valence-corrected chi connectivity index (χ0v) is 12.0. The van der Waals surface area contributed by atoms with Crippen LogP contribution < -0.4 is 5.32 Å². The minimum atomic E-state index is 0.913. The molecule has 2 aliphatic heterocycles. The summed E-state index contributed by atoms with van der Waals surface area (Å²) in [5.41, 5.74) is 0.